The number of esters is 1. The van der Waals surface area contributed by atoms with E-state index in [1.54, 1.807) is 25.1 Å². The normalized spacial score (nSPS) is 11.0. The summed E-state index contributed by atoms with van der Waals surface area (Å²) < 4.78 is 10.9. The largest absolute Gasteiger partial charge is 0.489 e. The molecule has 168 valence electrons. The molecular weight excluding hydrogens is 428 g/mol. The van der Waals surface area contributed by atoms with Gasteiger partial charge in [0.2, 0.25) is 0 Å². The van der Waals surface area contributed by atoms with E-state index in [0.717, 1.165) is 11.1 Å². The van der Waals surface area contributed by atoms with Crippen molar-refractivity contribution in [3.8, 4) is 5.75 Å². The monoisotopic (exact) mass is 454 g/mol. The SMILES string of the molecule is CCOC(=O)CC(NC(=O)c1cc(N)cc(OCc2ccccc2)c1)c1ccccc1.Cl. The number of halogens is 1. The summed E-state index contributed by atoms with van der Waals surface area (Å²) in [5.41, 5.74) is 8.59. The van der Waals surface area contributed by atoms with Gasteiger partial charge in [0.25, 0.3) is 5.91 Å². The van der Waals surface area contributed by atoms with Gasteiger partial charge < -0.3 is 20.5 Å². The molecule has 0 radical (unpaired) electrons. The number of nitrogens with one attached hydrogen (secondary N) is 1. The molecule has 3 aromatic rings. The Balaban J connectivity index is 0.00000363. The molecule has 0 saturated heterocycles. The molecule has 7 heteroatoms. The maximum absolute atomic E-state index is 13.0. The molecule has 1 unspecified atom stereocenters. The Bertz CT molecular complexity index is 1010. The van der Waals surface area contributed by atoms with Crippen LogP contribution in [0.25, 0.3) is 0 Å². The van der Waals surface area contributed by atoms with Gasteiger partial charge in [-0.2, -0.15) is 0 Å². The van der Waals surface area contributed by atoms with Gasteiger partial charge in [0.05, 0.1) is 19.1 Å². The Morgan fingerprint density at radius 1 is 0.969 bits per heavy atom. The van der Waals surface area contributed by atoms with Crippen molar-refractivity contribution in [2.45, 2.75) is 26.0 Å². The Hall–Kier alpha value is -3.51. The minimum Gasteiger partial charge on any atom is -0.489 e. The molecule has 6 nitrogen and oxygen atoms in total. The lowest BCUT2D eigenvalue weighted by molar-refractivity contribution is -0.143. The van der Waals surface area contributed by atoms with E-state index < -0.39 is 6.04 Å². The zero-order chi connectivity index (χ0) is 22.1. The summed E-state index contributed by atoms with van der Waals surface area (Å²) in [7, 11) is 0. The molecule has 0 saturated carbocycles. The number of nitrogen functional groups attached to an aromatic ring is 1. The number of anilines is 1. The Morgan fingerprint density at radius 2 is 1.62 bits per heavy atom. The van der Waals surface area contributed by atoms with E-state index in [2.05, 4.69) is 5.32 Å². The van der Waals surface area contributed by atoms with Gasteiger partial charge in [-0.05, 0) is 30.2 Å². The standard InChI is InChI=1S/C25H26N2O4.ClH/c1-2-30-24(28)16-23(19-11-7-4-8-12-19)27-25(29)20-13-21(26)15-22(14-20)31-17-18-9-5-3-6-10-18;/h3-15,23H,2,16-17,26H2,1H3,(H,27,29);1H. The molecule has 0 bridgehead atoms. The average molecular weight is 455 g/mol. The lowest BCUT2D eigenvalue weighted by Gasteiger charge is -2.19. The van der Waals surface area contributed by atoms with Gasteiger partial charge in [-0.15, -0.1) is 12.4 Å². The van der Waals surface area contributed by atoms with Crippen LogP contribution in [0.4, 0.5) is 5.69 Å². The van der Waals surface area contributed by atoms with Gasteiger partial charge >= 0.3 is 5.97 Å². The van der Waals surface area contributed by atoms with Gasteiger partial charge in [0.15, 0.2) is 0 Å². The minimum absolute atomic E-state index is 0. The lowest BCUT2D eigenvalue weighted by Crippen LogP contribution is -2.30. The molecular formula is C25H27ClN2O4. The number of hydrogen-bond donors (Lipinski definition) is 2. The highest BCUT2D eigenvalue weighted by Crippen LogP contribution is 2.22. The molecule has 32 heavy (non-hydrogen) atoms. The maximum Gasteiger partial charge on any atom is 0.308 e. The molecule has 0 aliphatic rings. The van der Waals surface area contributed by atoms with E-state index in [1.165, 1.54) is 0 Å². The third-order valence-electron chi connectivity index (χ3n) is 4.62. The van der Waals surface area contributed by atoms with Crippen LogP contribution in [0.5, 0.6) is 5.75 Å². The van der Waals surface area contributed by atoms with Crippen LogP contribution in [0.1, 0.15) is 40.9 Å². The molecule has 0 aliphatic heterocycles. The second kappa shape index (κ2) is 12.4. The van der Waals surface area contributed by atoms with Gasteiger partial charge in [0, 0.05) is 17.3 Å². The third-order valence-corrected chi connectivity index (χ3v) is 4.62. The number of nitrogens with two attached hydrogens (primary N) is 1. The van der Waals surface area contributed by atoms with Crippen LogP contribution in [0.3, 0.4) is 0 Å². The van der Waals surface area contributed by atoms with Crippen molar-refractivity contribution in [3.63, 3.8) is 0 Å². The molecule has 3 aromatic carbocycles. The van der Waals surface area contributed by atoms with Crippen LogP contribution in [0.15, 0.2) is 78.9 Å². The van der Waals surface area contributed by atoms with Gasteiger partial charge in [-0.3, -0.25) is 9.59 Å². The maximum atomic E-state index is 13.0. The summed E-state index contributed by atoms with van der Waals surface area (Å²) in [6, 6.07) is 23.4. The predicted molar refractivity (Wildman–Crippen MR) is 127 cm³/mol. The zero-order valence-electron chi connectivity index (χ0n) is 17.8. The summed E-state index contributed by atoms with van der Waals surface area (Å²) in [6.07, 6.45) is 0.0310. The van der Waals surface area contributed by atoms with Crippen molar-refractivity contribution in [1.29, 1.82) is 0 Å². The van der Waals surface area contributed by atoms with Crippen LogP contribution < -0.4 is 15.8 Å². The summed E-state index contributed by atoms with van der Waals surface area (Å²) in [5, 5.41) is 2.92. The van der Waals surface area contributed by atoms with Crippen LogP contribution >= 0.6 is 12.4 Å². The first-order chi connectivity index (χ1) is 15.0. The molecule has 1 atom stereocenters. The third kappa shape index (κ3) is 7.32. The molecule has 0 heterocycles. The van der Waals surface area contributed by atoms with Crippen molar-refractivity contribution < 1.29 is 19.1 Å². The van der Waals surface area contributed by atoms with E-state index in [-0.39, 0.29) is 37.3 Å². The van der Waals surface area contributed by atoms with E-state index in [9.17, 15) is 9.59 Å². The molecule has 1 amide bonds. The first-order valence-corrected chi connectivity index (χ1v) is 10.1. The predicted octanol–water partition coefficient (Wildman–Crippen LogP) is 4.69. The second-order valence-electron chi connectivity index (χ2n) is 7.01. The smallest absolute Gasteiger partial charge is 0.308 e. The summed E-state index contributed by atoms with van der Waals surface area (Å²) in [5.74, 6) is -0.234. The highest BCUT2D eigenvalue weighted by molar-refractivity contribution is 5.96. The van der Waals surface area contributed by atoms with Gasteiger partial charge in [-0.25, -0.2) is 0 Å². The molecule has 0 aliphatic carbocycles. The number of carbonyl (C=O) groups is 2. The molecule has 0 aromatic heterocycles. The Morgan fingerprint density at radius 3 is 2.28 bits per heavy atom. The van der Waals surface area contributed by atoms with Crippen molar-refractivity contribution in [3.05, 3.63) is 95.6 Å². The van der Waals surface area contributed by atoms with Crippen molar-refractivity contribution in [1.82, 2.24) is 5.32 Å². The molecule has 0 spiro atoms. The fourth-order valence-corrected chi connectivity index (χ4v) is 3.14. The highest BCUT2D eigenvalue weighted by Gasteiger charge is 2.20. The van der Waals surface area contributed by atoms with Crippen molar-refractivity contribution in [2.24, 2.45) is 0 Å². The number of rotatable bonds is 9. The zero-order valence-corrected chi connectivity index (χ0v) is 18.6. The average Bonchev–Trinajstić information content (AvgIpc) is 2.78. The van der Waals surface area contributed by atoms with E-state index >= 15 is 0 Å². The van der Waals surface area contributed by atoms with Crippen LogP contribution in [0.2, 0.25) is 0 Å². The highest BCUT2D eigenvalue weighted by atomic mass is 35.5. The van der Waals surface area contributed by atoms with Crippen LogP contribution in [-0.4, -0.2) is 18.5 Å². The summed E-state index contributed by atoms with van der Waals surface area (Å²) in [4.78, 5) is 25.0. The first-order valence-electron chi connectivity index (χ1n) is 10.1. The molecule has 3 N–H and O–H groups in total. The van der Waals surface area contributed by atoms with E-state index in [0.29, 0.717) is 23.6 Å². The number of carbonyl (C=O) groups excluding carboxylic acids is 2. The fourth-order valence-electron chi connectivity index (χ4n) is 3.14. The minimum atomic E-state index is -0.525. The number of benzene rings is 3. The second-order valence-corrected chi connectivity index (χ2v) is 7.01. The summed E-state index contributed by atoms with van der Waals surface area (Å²) in [6.45, 7) is 2.39. The van der Waals surface area contributed by atoms with Crippen molar-refractivity contribution >= 4 is 30.0 Å². The van der Waals surface area contributed by atoms with Crippen LogP contribution in [-0.2, 0) is 16.1 Å². The molecule has 0 fully saturated rings. The lowest BCUT2D eigenvalue weighted by atomic mass is 10.0. The van der Waals surface area contributed by atoms with Gasteiger partial charge in [-0.1, -0.05) is 60.7 Å². The number of amides is 1. The van der Waals surface area contributed by atoms with Crippen LogP contribution in [0, 0.1) is 0 Å². The topological polar surface area (TPSA) is 90.7 Å². The Labute approximate surface area is 194 Å². The fraction of sp³-hybridized carbons (Fsp3) is 0.200. The summed E-state index contributed by atoms with van der Waals surface area (Å²) >= 11 is 0. The number of hydrogen-bond acceptors (Lipinski definition) is 5. The molecule has 3 rings (SSSR count). The van der Waals surface area contributed by atoms with Gasteiger partial charge in [0.1, 0.15) is 12.4 Å². The van der Waals surface area contributed by atoms with E-state index in [4.69, 9.17) is 15.2 Å². The first kappa shape index (κ1) is 24.8. The quantitative estimate of drug-likeness (QED) is 0.361. The van der Waals surface area contributed by atoms with E-state index in [1.807, 2.05) is 60.7 Å². The van der Waals surface area contributed by atoms with Crippen molar-refractivity contribution in [2.75, 3.05) is 12.3 Å². The number of ether oxygens (including phenoxy) is 2. The Kier molecular flexibility index (Phi) is 9.57.